The fourth-order valence-electron chi connectivity index (χ4n) is 2.79. The quantitative estimate of drug-likeness (QED) is 0.249. The maximum Gasteiger partial charge on any atom is 0.341 e. The molecule has 2 heterocycles. The lowest BCUT2D eigenvalue weighted by Crippen LogP contribution is -2.19. The molecule has 4 rings (SSSR count). The molecule has 5 nitrogen and oxygen atoms in total. The van der Waals surface area contributed by atoms with E-state index in [1.165, 1.54) is 22.7 Å². The van der Waals surface area contributed by atoms with Gasteiger partial charge in [-0.2, -0.15) is 0 Å². The molecule has 2 N–H and O–H groups in total. The van der Waals surface area contributed by atoms with Crippen molar-refractivity contribution in [1.82, 2.24) is 4.98 Å². The third-order valence-corrected chi connectivity index (χ3v) is 6.65. The number of aromatic nitrogens is 1. The number of fused-ring (bicyclic) bond motifs is 1. The van der Waals surface area contributed by atoms with Gasteiger partial charge in [0.15, 0.2) is 10.2 Å². The van der Waals surface area contributed by atoms with Gasteiger partial charge in [0.2, 0.25) is 0 Å². The van der Waals surface area contributed by atoms with E-state index in [1.807, 2.05) is 48.5 Å². The van der Waals surface area contributed by atoms with Gasteiger partial charge >= 0.3 is 5.97 Å². The van der Waals surface area contributed by atoms with Crippen LogP contribution >= 0.6 is 46.5 Å². The molecule has 2 aromatic heterocycles. The number of nitrogens with one attached hydrogen (secondary N) is 2. The van der Waals surface area contributed by atoms with E-state index < -0.39 is 5.97 Å². The average molecular weight is 474 g/mol. The average Bonchev–Trinajstić information content (AvgIpc) is 3.33. The second-order valence-electron chi connectivity index (χ2n) is 6.12. The zero-order valence-corrected chi connectivity index (χ0v) is 19.0. The number of carbonyl (C=O) groups is 1. The van der Waals surface area contributed by atoms with Gasteiger partial charge in [-0.15, -0.1) is 11.3 Å². The fraction of sp³-hybridized carbons (Fsp3) is 0.0952. The van der Waals surface area contributed by atoms with Crippen LogP contribution in [0.5, 0.6) is 0 Å². The minimum absolute atomic E-state index is 0.296. The molecule has 0 aliphatic carbocycles. The number of thiazole rings is 1. The molecule has 0 saturated carbocycles. The number of hydrogen-bond donors (Lipinski definition) is 2. The highest BCUT2D eigenvalue weighted by Gasteiger charge is 2.19. The zero-order chi connectivity index (χ0) is 21.1. The van der Waals surface area contributed by atoms with Crippen molar-refractivity contribution in [2.24, 2.45) is 0 Å². The van der Waals surface area contributed by atoms with Crippen molar-refractivity contribution in [2.45, 2.75) is 6.92 Å². The number of para-hydroxylation sites is 1. The summed E-state index contributed by atoms with van der Waals surface area (Å²) in [5.74, 6) is -0.395. The number of nitrogens with zero attached hydrogens (tertiary/aromatic N) is 1. The van der Waals surface area contributed by atoms with Crippen LogP contribution in [0.4, 0.5) is 10.1 Å². The Bertz CT molecular complexity index is 1220. The zero-order valence-electron chi connectivity index (χ0n) is 15.8. The monoisotopic (exact) mass is 473 g/mol. The van der Waals surface area contributed by atoms with Crippen molar-refractivity contribution in [3.8, 4) is 10.4 Å². The number of carbonyl (C=O) groups excluding carboxylic acids is 1. The van der Waals surface area contributed by atoms with Gasteiger partial charge in [0.05, 0.1) is 21.9 Å². The molecule has 0 aliphatic heterocycles. The summed E-state index contributed by atoms with van der Waals surface area (Å²) >= 11 is 14.5. The van der Waals surface area contributed by atoms with Gasteiger partial charge in [0.1, 0.15) is 10.5 Å². The molecule has 0 spiro atoms. The summed E-state index contributed by atoms with van der Waals surface area (Å²) in [6.45, 7) is 2.07. The third-order valence-electron chi connectivity index (χ3n) is 4.10. The van der Waals surface area contributed by atoms with E-state index in [2.05, 4.69) is 15.6 Å². The number of anilines is 2. The van der Waals surface area contributed by atoms with Gasteiger partial charge in [-0.3, -0.25) is 0 Å². The Hall–Kier alpha value is -2.52. The van der Waals surface area contributed by atoms with Crippen molar-refractivity contribution < 1.29 is 9.53 Å². The van der Waals surface area contributed by atoms with E-state index in [4.69, 9.17) is 28.6 Å². The molecule has 30 heavy (non-hydrogen) atoms. The van der Waals surface area contributed by atoms with E-state index in [0.29, 0.717) is 32.4 Å². The summed E-state index contributed by atoms with van der Waals surface area (Å²) in [6.07, 6.45) is 0. The predicted octanol–water partition coefficient (Wildman–Crippen LogP) is 6.66. The van der Waals surface area contributed by atoms with Gasteiger partial charge in [-0.05, 0) is 42.9 Å². The summed E-state index contributed by atoms with van der Waals surface area (Å²) in [6, 6.07) is 17.3. The van der Waals surface area contributed by atoms with Crippen LogP contribution < -0.4 is 10.6 Å². The Morgan fingerprint density at radius 3 is 2.67 bits per heavy atom. The molecular formula is C21H16ClN3O2S3. The second-order valence-corrected chi connectivity index (χ2v) is 9.02. The molecule has 2 aromatic carbocycles. The normalized spacial score (nSPS) is 10.7. The number of thiocarbonyl (C=S) groups is 1. The Kier molecular flexibility index (Phi) is 6.29. The van der Waals surface area contributed by atoms with Crippen LogP contribution in [0, 0.1) is 0 Å². The summed E-state index contributed by atoms with van der Waals surface area (Å²) in [4.78, 5) is 17.9. The largest absolute Gasteiger partial charge is 0.462 e. The number of benzene rings is 2. The topological polar surface area (TPSA) is 63.2 Å². The second kappa shape index (κ2) is 9.09. The van der Waals surface area contributed by atoms with E-state index in [9.17, 15) is 4.79 Å². The fourth-order valence-corrected chi connectivity index (χ4v) is 5.34. The number of rotatable bonds is 5. The van der Waals surface area contributed by atoms with Crippen molar-refractivity contribution >= 4 is 77.9 Å². The SMILES string of the molecule is CCOC(=O)c1cc(-c2ccccc2)sc1NC(=S)Nc1nc2c(Cl)cccc2s1. The lowest BCUT2D eigenvalue weighted by molar-refractivity contribution is 0.0528. The number of esters is 1. The first-order valence-corrected chi connectivity index (χ1v) is 11.5. The minimum Gasteiger partial charge on any atom is -0.462 e. The molecule has 0 amide bonds. The van der Waals surface area contributed by atoms with Crippen LogP contribution in [0.25, 0.3) is 20.7 Å². The predicted molar refractivity (Wildman–Crippen MR) is 130 cm³/mol. The highest BCUT2D eigenvalue weighted by atomic mass is 35.5. The molecule has 0 aliphatic rings. The Morgan fingerprint density at radius 2 is 1.93 bits per heavy atom. The Morgan fingerprint density at radius 1 is 1.13 bits per heavy atom. The summed E-state index contributed by atoms with van der Waals surface area (Å²) in [7, 11) is 0. The van der Waals surface area contributed by atoms with Crippen molar-refractivity contribution in [1.29, 1.82) is 0 Å². The molecule has 0 bridgehead atoms. The molecule has 0 unspecified atom stereocenters. The minimum atomic E-state index is -0.395. The van der Waals surface area contributed by atoms with Crippen molar-refractivity contribution in [3.63, 3.8) is 0 Å². The number of ether oxygens (including phenoxy) is 1. The summed E-state index contributed by atoms with van der Waals surface area (Å²) in [5, 5.41) is 8.35. The van der Waals surface area contributed by atoms with Gasteiger partial charge in [-0.1, -0.05) is 59.3 Å². The first-order chi connectivity index (χ1) is 14.5. The van der Waals surface area contributed by atoms with Gasteiger partial charge in [0, 0.05) is 4.88 Å². The first kappa shape index (κ1) is 20.7. The van der Waals surface area contributed by atoms with Crippen LogP contribution in [-0.4, -0.2) is 22.7 Å². The summed E-state index contributed by atoms with van der Waals surface area (Å²) in [5.41, 5.74) is 2.18. The molecular weight excluding hydrogens is 458 g/mol. The number of thiophene rings is 1. The molecule has 0 saturated heterocycles. The number of halogens is 1. The maximum atomic E-state index is 12.5. The lowest BCUT2D eigenvalue weighted by Gasteiger charge is -2.08. The molecule has 0 fully saturated rings. The van der Waals surface area contributed by atoms with E-state index >= 15 is 0 Å². The molecule has 0 atom stereocenters. The standard InChI is InChI=1S/C21H16ClN3O2S3/c1-2-27-19(26)13-11-16(12-7-4-3-5-8-12)29-18(13)24-20(28)25-21-23-17-14(22)9-6-10-15(17)30-21/h3-11H,2H2,1H3,(H2,23,24,25,28). The van der Waals surface area contributed by atoms with E-state index in [0.717, 1.165) is 20.7 Å². The Balaban J connectivity index is 1.58. The lowest BCUT2D eigenvalue weighted by atomic mass is 10.1. The highest BCUT2D eigenvalue weighted by molar-refractivity contribution is 7.80. The van der Waals surface area contributed by atoms with Crippen LogP contribution in [0.1, 0.15) is 17.3 Å². The first-order valence-electron chi connectivity index (χ1n) is 9.04. The molecule has 152 valence electrons. The van der Waals surface area contributed by atoms with Crippen LogP contribution in [0.2, 0.25) is 5.02 Å². The van der Waals surface area contributed by atoms with Gasteiger partial charge in [0.25, 0.3) is 0 Å². The van der Waals surface area contributed by atoms with E-state index in [-0.39, 0.29) is 0 Å². The smallest absolute Gasteiger partial charge is 0.341 e. The summed E-state index contributed by atoms with van der Waals surface area (Å²) < 4.78 is 6.17. The van der Waals surface area contributed by atoms with E-state index in [1.54, 1.807) is 13.0 Å². The third kappa shape index (κ3) is 4.46. The van der Waals surface area contributed by atoms with Crippen molar-refractivity contribution in [3.05, 3.63) is 65.2 Å². The number of hydrogen-bond acceptors (Lipinski definition) is 6. The van der Waals surface area contributed by atoms with Crippen LogP contribution in [0.3, 0.4) is 0 Å². The maximum absolute atomic E-state index is 12.5. The van der Waals surface area contributed by atoms with Gasteiger partial charge < -0.3 is 15.4 Å². The van der Waals surface area contributed by atoms with Crippen LogP contribution in [0.15, 0.2) is 54.6 Å². The van der Waals surface area contributed by atoms with Crippen LogP contribution in [-0.2, 0) is 4.74 Å². The molecule has 0 radical (unpaired) electrons. The highest BCUT2D eigenvalue weighted by Crippen LogP contribution is 2.36. The van der Waals surface area contributed by atoms with Crippen molar-refractivity contribution in [2.75, 3.05) is 17.2 Å². The van der Waals surface area contributed by atoms with Gasteiger partial charge in [-0.25, -0.2) is 9.78 Å². The Labute approximate surface area is 191 Å². The molecule has 4 aromatic rings. The molecule has 9 heteroatoms.